The van der Waals surface area contributed by atoms with Gasteiger partial charge in [0.1, 0.15) is 6.54 Å². The van der Waals surface area contributed by atoms with Crippen molar-refractivity contribution in [3.63, 3.8) is 0 Å². The number of benzene rings is 1. The number of aromatic nitrogens is 1. The van der Waals surface area contributed by atoms with E-state index in [-0.39, 0.29) is 24.1 Å². The third kappa shape index (κ3) is 3.95. The Morgan fingerprint density at radius 1 is 1.17 bits per heavy atom. The van der Waals surface area contributed by atoms with Crippen molar-refractivity contribution in [2.75, 3.05) is 0 Å². The number of hydrogen-bond acceptors (Lipinski definition) is 2. The molecular weight excluding hydrogens is 335 g/mol. The molecule has 1 fully saturated rings. The van der Waals surface area contributed by atoms with Crippen LogP contribution in [0.1, 0.15) is 18.4 Å². The molecule has 0 N–H and O–H groups in total. The third-order valence-electron chi connectivity index (χ3n) is 3.85. The van der Waals surface area contributed by atoms with Gasteiger partial charge in [-0.25, -0.2) is 0 Å². The van der Waals surface area contributed by atoms with Crippen molar-refractivity contribution in [2.24, 2.45) is 0 Å². The number of rotatable bonds is 5. The zero-order valence-corrected chi connectivity index (χ0v) is 13.9. The molecular formula is C17H16Cl2N2O2. The van der Waals surface area contributed by atoms with Crippen LogP contribution in [-0.4, -0.2) is 21.4 Å². The number of pyridine rings is 1. The standard InChI is InChI=1S/C17H16Cl2N2O2/c18-14-7-4-12(9-15(14)19)10-21(13-5-6-13)17(23)11-20-8-2-1-3-16(20)22/h1-4,7-9,13H,5-6,10-11H2. The maximum Gasteiger partial charge on any atom is 0.250 e. The van der Waals surface area contributed by atoms with Gasteiger partial charge in [0.25, 0.3) is 5.56 Å². The summed E-state index contributed by atoms with van der Waals surface area (Å²) in [4.78, 5) is 26.2. The average Bonchev–Trinajstić information content (AvgIpc) is 3.35. The number of carbonyl (C=O) groups excluding carboxylic acids is 1. The molecule has 0 aliphatic heterocycles. The van der Waals surface area contributed by atoms with Crippen molar-refractivity contribution in [2.45, 2.75) is 32.0 Å². The number of halogens is 2. The molecule has 0 spiro atoms. The first kappa shape index (κ1) is 16.1. The summed E-state index contributed by atoms with van der Waals surface area (Å²) in [5.41, 5.74) is 0.756. The largest absolute Gasteiger partial charge is 0.334 e. The summed E-state index contributed by atoms with van der Waals surface area (Å²) in [5.74, 6) is -0.0631. The van der Waals surface area contributed by atoms with Gasteiger partial charge in [0.2, 0.25) is 5.91 Å². The molecule has 1 aliphatic carbocycles. The summed E-state index contributed by atoms with van der Waals surface area (Å²) < 4.78 is 1.42. The molecule has 3 rings (SSSR count). The molecule has 1 aliphatic rings. The van der Waals surface area contributed by atoms with Gasteiger partial charge < -0.3 is 9.47 Å². The Balaban J connectivity index is 1.76. The molecule has 1 aromatic carbocycles. The van der Waals surface area contributed by atoms with Crippen LogP contribution < -0.4 is 5.56 Å². The minimum atomic E-state index is -0.175. The van der Waals surface area contributed by atoms with Crippen molar-refractivity contribution in [3.05, 3.63) is 68.6 Å². The third-order valence-corrected chi connectivity index (χ3v) is 4.59. The Morgan fingerprint density at radius 3 is 2.61 bits per heavy atom. The predicted octanol–water partition coefficient (Wildman–Crippen LogP) is 3.35. The summed E-state index contributed by atoms with van der Waals surface area (Å²) in [7, 11) is 0. The molecule has 2 aromatic rings. The van der Waals surface area contributed by atoms with Crippen molar-refractivity contribution < 1.29 is 4.79 Å². The van der Waals surface area contributed by atoms with E-state index in [0.29, 0.717) is 16.6 Å². The highest BCUT2D eigenvalue weighted by atomic mass is 35.5. The van der Waals surface area contributed by atoms with E-state index in [9.17, 15) is 9.59 Å². The molecule has 1 saturated carbocycles. The van der Waals surface area contributed by atoms with Crippen LogP contribution in [0.5, 0.6) is 0 Å². The predicted molar refractivity (Wildman–Crippen MR) is 90.7 cm³/mol. The van der Waals surface area contributed by atoms with E-state index in [2.05, 4.69) is 0 Å². The lowest BCUT2D eigenvalue weighted by Crippen LogP contribution is -2.37. The van der Waals surface area contributed by atoms with Crippen LogP contribution >= 0.6 is 23.2 Å². The van der Waals surface area contributed by atoms with Crippen LogP contribution in [0.15, 0.2) is 47.4 Å². The van der Waals surface area contributed by atoms with Gasteiger partial charge in [-0.2, -0.15) is 0 Å². The lowest BCUT2D eigenvalue weighted by atomic mass is 10.2. The minimum absolute atomic E-state index is 0.0531. The van der Waals surface area contributed by atoms with E-state index in [1.165, 1.54) is 10.6 Å². The fourth-order valence-electron chi connectivity index (χ4n) is 2.47. The maximum absolute atomic E-state index is 12.6. The zero-order valence-electron chi connectivity index (χ0n) is 12.4. The Kier molecular flexibility index (Phi) is 4.74. The molecule has 23 heavy (non-hydrogen) atoms. The van der Waals surface area contributed by atoms with Gasteiger partial charge in [-0.15, -0.1) is 0 Å². The molecule has 0 bridgehead atoms. The molecule has 1 aromatic heterocycles. The van der Waals surface area contributed by atoms with E-state index in [0.717, 1.165) is 18.4 Å². The summed E-state index contributed by atoms with van der Waals surface area (Å²) in [6.07, 6.45) is 3.62. The second-order valence-electron chi connectivity index (χ2n) is 5.67. The highest BCUT2D eigenvalue weighted by molar-refractivity contribution is 6.42. The van der Waals surface area contributed by atoms with Gasteiger partial charge in [0, 0.05) is 24.8 Å². The first-order chi connectivity index (χ1) is 11.0. The zero-order chi connectivity index (χ0) is 16.4. The molecule has 0 unspecified atom stereocenters. The van der Waals surface area contributed by atoms with Gasteiger partial charge in [-0.05, 0) is 36.6 Å². The first-order valence-electron chi connectivity index (χ1n) is 7.43. The number of hydrogen-bond donors (Lipinski definition) is 0. The smallest absolute Gasteiger partial charge is 0.250 e. The second-order valence-corrected chi connectivity index (χ2v) is 6.48. The Morgan fingerprint density at radius 2 is 1.96 bits per heavy atom. The van der Waals surface area contributed by atoms with Crippen molar-refractivity contribution >= 4 is 29.1 Å². The molecule has 4 nitrogen and oxygen atoms in total. The van der Waals surface area contributed by atoms with Crippen LogP contribution in [-0.2, 0) is 17.9 Å². The molecule has 120 valence electrons. The highest BCUT2D eigenvalue weighted by Gasteiger charge is 2.32. The van der Waals surface area contributed by atoms with Gasteiger partial charge in [-0.1, -0.05) is 35.3 Å². The van der Waals surface area contributed by atoms with Crippen molar-refractivity contribution in [1.29, 1.82) is 0 Å². The van der Waals surface area contributed by atoms with Crippen LogP contribution in [0.4, 0.5) is 0 Å². The fourth-order valence-corrected chi connectivity index (χ4v) is 2.79. The molecule has 1 amide bonds. The van der Waals surface area contributed by atoms with Gasteiger partial charge in [0.05, 0.1) is 10.0 Å². The topological polar surface area (TPSA) is 42.3 Å². The Bertz CT molecular complexity index is 784. The summed E-state index contributed by atoms with van der Waals surface area (Å²) in [6, 6.07) is 10.5. The van der Waals surface area contributed by atoms with E-state index in [1.807, 2.05) is 11.0 Å². The van der Waals surface area contributed by atoms with Crippen LogP contribution in [0, 0.1) is 0 Å². The monoisotopic (exact) mass is 350 g/mol. The van der Waals surface area contributed by atoms with E-state index in [1.54, 1.807) is 30.5 Å². The van der Waals surface area contributed by atoms with E-state index in [4.69, 9.17) is 23.2 Å². The summed E-state index contributed by atoms with van der Waals surface area (Å²) in [6.45, 7) is 0.527. The molecule has 0 saturated heterocycles. The summed E-state index contributed by atoms with van der Waals surface area (Å²) >= 11 is 12.0. The Hall–Kier alpha value is -1.78. The number of amides is 1. The van der Waals surface area contributed by atoms with Crippen LogP contribution in [0.25, 0.3) is 0 Å². The fraction of sp³-hybridized carbons (Fsp3) is 0.294. The highest BCUT2D eigenvalue weighted by Crippen LogP contribution is 2.30. The van der Waals surface area contributed by atoms with E-state index < -0.39 is 0 Å². The van der Waals surface area contributed by atoms with Crippen molar-refractivity contribution in [3.8, 4) is 0 Å². The Labute approximate surface area is 144 Å². The van der Waals surface area contributed by atoms with Crippen molar-refractivity contribution in [1.82, 2.24) is 9.47 Å². The minimum Gasteiger partial charge on any atom is -0.334 e. The quantitative estimate of drug-likeness (QED) is 0.829. The van der Waals surface area contributed by atoms with E-state index >= 15 is 0 Å². The first-order valence-corrected chi connectivity index (χ1v) is 8.19. The number of carbonyl (C=O) groups is 1. The normalized spacial score (nSPS) is 13.8. The SMILES string of the molecule is O=C(Cn1ccccc1=O)N(Cc1ccc(Cl)c(Cl)c1)C1CC1. The molecule has 6 heteroatoms. The lowest BCUT2D eigenvalue weighted by Gasteiger charge is -2.23. The molecule has 0 radical (unpaired) electrons. The maximum atomic E-state index is 12.6. The van der Waals surface area contributed by atoms with Gasteiger partial charge >= 0.3 is 0 Å². The second kappa shape index (κ2) is 6.77. The molecule has 1 heterocycles. The average molecular weight is 351 g/mol. The van der Waals surface area contributed by atoms with Gasteiger partial charge in [0.15, 0.2) is 0 Å². The van der Waals surface area contributed by atoms with Crippen LogP contribution in [0.3, 0.4) is 0 Å². The number of nitrogens with zero attached hydrogens (tertiary/aromatic N) is 2. The van der Waals surface area contributed by atoms with Crippen LogP contribution in [0.2, 0.25) is 10.0 Å². The van der Waals surface area contributed by atoms with Gasteiger partial charge in [-0.3, -0.25) is 9.59 Å². The summed E-state index contributed by atoms with van der Waals surface area (Å²) in [5, 5.41) is 0.974. The molecule has 0 atom stereocenters. The lowest BCUT2D eigenvalue weighted by molar-refractivity contribution is -0.133.